The molecule has 0 aliphatic rings. The molecule has 0 aliphatic heterocycles. The number of aromatic nitrogens is 1. The lowest BCUT2D eigenvalue weighted by atomic mass is 10.4. The van der Waals surface area contributed by atoms with E-state index in [2.05, 4.69) is 4.98 Å². The van der Waals surface area contributed by atoms with Gasteiger partial charge in [0.1, 0.15) is 4.90 Å². The third kappa shape index (κ3) is 3.48. The van der Waals surface area contributed by atoms with E-state index in [1.165, 1.54) is 12.1 Å². The van der Waals surface area contributed by atoms with Crippen LogP contribution in [0.1, 0.15) is 0 Å². The molecule has 0 saturated carbocycles. The molecule has 1 N–H and O–H groups in total. The van der Waals surface area contributed by atoms with Crippen LogP contribution in [-0.2, 0) is 10.1 Å². The van der Waals surface area contributed by atoms with E-state index in [1.807, 2.05) is 60.7 Å². The lowest BCUT2D eigenvalue weighted by Crippen LogP contribution is -2.26. The van der Waals surface area contributed by atoms with Gasteiger partial charge in [-0.15, -0.1) is 0 Å². The summed E-state index contributed by atoms with van der Waals surface area (Å²) in [6, 6.07) is 22.1. The van der Waals surface area contributed by atoms with Crippen molar-refractivity contribution in [2.75, 3.05) is 0 Å². The fraction of sp³-hybridized carbons (Fsp3) is 0. The number of pyridine rings is 1. The van der Waals surface area contributed by atoms with Crippen molar-refractivity contribution < 1.29 is 13.0 Å². The van der Waals surface area contributed by atoms with Gasteiger partial charge in [-0.2, -0.15) is 8.42 Å². The normalized spacial score (nSPS) is 11.6. The van der Waals surface area contributed by atoms with Crippen LogP contribution in [0.25, 0.3) is 0 Å². The molecule has 23 heavy (non-hydrogen) atoms. The summed E-state index contributed by atoms with van der Waals surface area (Å²) in [4.78, 5) is 4.15. The quantitative estimate of drug-likeness (QED) is 0.582. The van der Waals surface area contributed by atoms with Crippen molar-refractivity contribution in [2.24, 2.45) is 0 Å². The summed E-state index contributed by atoms with van der Waals surface area (Å²) < 4.78 is 33.0. The van der Waals surface area contributed by atoms with Crippen molar-refractivity contribution in [1.82, 2.24) is 4.98 Å². The van der Waals surface area contributed by atoms with Gasteiger partial charge in [0.05, 0.1) is 5.44 Å². The highest BCUT2D eigenvalue weighted by Crippen LogP contribution is 2.33. The Morgan fingerprint density at radius 3 is 1.78 bits per heavy atom. The first-order chi connectivity index (χ1) is 11.1. The highest BCUT2D eigenvalue weighted by atomic mass is 32.2. The molecule has 0 spiro atoms. The minimum Gasteiger partial charge on any atom is -0.282 e. The zero-order chi connectivity index (χ0) is 16.3. The maximum atomic E-state index is 11.7. The molecule has 0 aliphatic carbocycles. The molecule has 6 heteroatoms. The maximum Gasteiger partial charge on any atom is 0.296 e. The van der Waals surface area contributed by atoms with Crippen molar-refractivity contribution in [2.45, 2.75) is 4.90 Å². The minimum atomic E-state index is -4.34. The van der Waals surface area contributed by atoms with Gasteiger partial charge in [0, 0.05) is 14.1 Å². The summed E-state index contributed by atoms with van der Waals surface area (Å²) >= 11 is 0. The van der Waals surface area contributed by atoms with Gasteiger partial charge in [0.15, 0.2) is 0 Å². The molecule has 0 fully saturated rings. The summed E-state index contributed by atoms with van der Waals surface area (Å²) in [5, 5.41) is 1.94. The molecular formula is C17H14NO3PS. The highest BCUT2D eigenvalue weighted by Gasteiger charge is 2.25. The molecule has 1 heterocycles. The highest BCUT2D eigenvalue weighted by molar-refractivity contribution is 7.88. The average Bonchev–Trinajstić information content (AvgIpc) is 2.57. The summed E-state index contributed by atoms with van der Waals surface area (Å²) in [6.45, 7) is 0. The number of nitrogens with zero attached hydrogens (tertiary/aromatic N) is 1. The first-order valence-electron chi connectivity index (χ1n) is 6.90. The standard InChI is InChI=1S/C17H14NO3PS/c19-23(20,21)16-12-7-13-18-17(16)22(14-8-3-1-4-9-14)15-10-5-2-6-11-15/h1-13H,(H,19,20,21). The Labute approximate surface area is 136 Å². The molecule has 0 saturated heterocycles. The Morgan fingerprint density at radius 1 is 0.783 bits per heavy atom. The summed E-state index contributed by atoms with van der Waals surface area (Å²) in [5.74, 6) is 0. The van der Waals surface area contributed by atoms with Gasteiger partial charge in [-0.25, -0.2) is 0 Å². The van der Waals surface area contributed by atoms with Crippen molar-refractivity contribution in [3.8, 4) is 0 Å². The second kappa shape index (κ2) is 6.59. The number of hydrogen-bond acceptors (Lipinski definition) is 3. The van der Waals surface area contributed by atoms with Crippen molar-refractivity contribution in [1.29, 1.82) is 0 Å². The van der Waals surface area contributed by atoms with Crippen LogP contribution < -0.4 is 16.0 Å². The van der Waals surface area contributed by atoms with Crippen molar-refractivity contribution in [3.05, 3.63) is 79.0 Å². The molecule has 0 bridgehead atoms. The van der Waals surface area contributed by atoms with Gasteiger partial charge in [-0.3, -0.25) is 9.54 Å². The molecule has 3 aromatic rings. The SMILES string of the molecule is O=S(=O)(O)c1cccnc1P(c1ccccc1)c1ccccc1. The van der Waals surface area contributed by atoms with E-state index < -0.39 is 18.0 Å². The molecule has 3 rings (SSSR count). The zero-order valence-corrected chi connectivity index (χ0v) is 13.8. The van der Waals surface area contributed by atoms with Gasteiger partial charge in [-0.05, 0) is 22.7 Å². The van der Waals surface area contributed by atoms with Crippen LogP contribution in [0.4, 0.5) is 0 Å². The Bertz CT molecular complexity index is 860. The van der Waals surface area contributed by atoms with E-state index in [4.69, 9.17) is 0 Å². The lowest BCUT2D eigenvalue weighted by molar-refractivity contribution is 0.483. The van der Waals surface area contributed by atoms with E-state index >= 15 is 0 Å². The van der Waals surface area contributed by atoms with Gasteiger partial charge in [0.2, 0.25) is 0 Å². The van der Waals surface area contributed by atoms with Crippen molar-refractivity contribution >= 4 is 34.1 Å². The predicted molar refractivity (Wildman–Crippen MR) is 92.8 cm³/mol. The van der Waals surface area contributed by atoms with Crippen molar-refractivity contribution in [3.63, 3.8) is 0 Å². The smallest absolute Gasteiger partial charge is 0.282 e. The van der Waals surface area contributed by atoms with E-state index in [1.54, 1.807) is 6.20 Å². The van der Waals surface area contributed by atoms with Crippen LogP contribution in [0.3, 0.4) is 0 Å². The summed E-state index contributed by atoms with van der Waals surface area (Å²) in [5.41, 5.74) is 0.377. The van der Waals surface area contributed by atoms with Crippen LogP contribution in [0, 0.1) is 0 Å². The van der Waals surface area contributed by atoms with E-state index in [-0.39, 0.29) is 4.90 Å². The maximum absolute atomic E-state index is 11.7. The molecule has 1 aromatic heterocycles. The second-order valence-electron chi connectivity index (χ2n) is 4.81. The van der Waals surface area contributed by atoms with Gasteiger partial charge >= 0.3 is 0 Å². The molecule has 0 radical (unpaired) electrons. The molecule has 0 atom stereocenters. The van der Waals surface area contributed by atoms with Crippen LogP contribution >= 0.6 is 7.92 Å². The summed E-state index contributed by atoms with van der Waals surface area (Å²) in [7, 11) is -5.52. The lowest BCUT2D eigenvalue weighted by Gasteiger charge is -2.19. The summed E-state index contributed by atoms with van der Waals surface area (Å²) in [6.07, 6.45) is 1.55. The van der Waals surface area contributed by atoms with Crippen LogP contribution in [0.2, 0.25) is 0 Å². The van der Waals surface area contributed by atoms with Gasteiger partial charge < -0.3 is 0 Å². The largest absolute Gasteiger partial charge is 0.296 e. The Kier molecular flexibility index (Phi) is 4.53. The Balaban J connectivity index is 2.26. The number of hydrogen-bond donors (Lipinski definition) is 1. The fourth-order valence-electron chi connectivity index (χ4n) is 2.30. The van der Waals surface area contributed by atoms with E-state index in [0.717, 1.165) is 10.6 Å². The third-order valence-electron chi connectivity index (χ3n) is 3.27. The Hall–Kier alpha value is -2.07. The van der Waals surface area contributed by atoms with E-state index in [0.29, 0.717) is 5.44 Å². The minimum absolute atomic E-state index is 0.140. The first-order valence-corrected chi connectivity index (χ1v) is 9.68. The Morgan fingerprint density at radius 2 is 1.30 bits per heavy atom. The predicted octanol–water partition coefficient (Wildman–Crippen LogP) is 2.09. The number of rotatable bonds is 4. The fourth-order valence-corrected chi connectivity index (χ4v) is 5.66. The van der Waals surface area contributed by atoms with Crippen LogP contribution in [0.15, 0.2) is 83.9 Å². The molecular weight excluding hydrogens is 329 g/mol. The zero-order valence-electron chi connectivity index (χ0n) is 12.1. The molecule has 4 nitrogen and oxygen atoms in total. The van der Waals surface area contributed by atoms with Gasteiger partial charge in [0.25, 0.3) is 10.1 Å². The average molecular weight is 343 g/mol. The molecule has 0 unspecified atom stereocenters. The number of benzene rings is 2. The van der Waals surface area contributed by atoms with E-state index in [9.17, 15) is 13.0 Å². The van der Waals surface area contributed by atoms with Gasteiger partial charge in [-0.1, -0.05) is 60.7 Å². The topological polar surface area (TPSA) is 67.3 Å². The first kappa shape index (κ1) is 15.8. The monoisotopic (exact) mass is 343 g/mol. The molecule has 116 valence electrons. The molecule has 0 amide bonds. The van der Waals surface area contributed by atoms with Crippen LogP contribution in [0.5, 0.6) is 0 Å². The molecule has 2 aromatic carbocycles. The second-order valence-corrected chi connectivity index (χ2v) is 8.32. The third-order valence-corrected chi connectivity index (χ3v) is 6.71. The van der Waals surface area contributed by atoms with Crippen LogP contribution in [-0.4, -0.2) is 18.0 Å².